The number of halogens is 1. The average molecular weight is 552 g/mol. The van der Waals surface area contributed by atoms with Crippen molar-refractivity contribution in [3.8, 4) is 17.3 Å². The van der Waals surface area contributed by atoms with Gasteiger partial charge >= 0.3 is 0 Å². The third-order valence-corrected chi connectivity index (χ3v) is 7.61. The number of nitrogens with one attached hydrogen (secondary N) is 3. The highest BCUT2D eigenvalue weighted by Gasteiger charge is 2.37. The topological polar surface area (TPSA) is 112 Å². The van der Waals surface area contributed by atoms with E-state index in [1.807, 2.05) is 18.9 Å². The van der Waals surface area contributed by atoms with Crippen molar-refractivity contribution in [2.45, 2.75) is 38.3 Å². The monoisotopic (exact) mass is 551 g/mol. The van der Waals surface area contributed by atoms with Gasteiger partial charge in [0.25, 0.3) is 5.91 Å². The number of likely N-dealkylation sites (N-methyl/N-ethyl adjacent to an activating group) is 1. The zero-order valence-corrected chi connectivity index (χ0v) is 23.5. The number of hydrogen-bond donors (Lipinski definition) is 3. The van der Waals surface area contributed by atoms with E-state index in [9.17, 15) is 14.4 Å². The number of rotatable bonds is 10. The Kier molecular flexibility index (Phi) is 8.83. The van der Waals surface area contributed by atoms with E-state index in [0.717, 1.165) is 5.70 Å². The second kappa shape index (κ2) is 12.3. The molecule has 1 aliphatic heterocycles. The van der Waals surface area contributed by atoms with Gasteiger partial charge in [0.1, 0.15) is 28.3 Å². The maximum Gasteiger partial charge on any atom is 0.291 e. The van der Waals surface area contributed by atoms with Gasteiger partial charge in [-0.1, -0.05) is 24.8 Å². The Morgan fingerprint density at radius 2 is 2.00 bits per heavy atom. The van der Waals surface area contributed by atoms with E-state index in [2.05, 4.69) is 33.7 Å². The highest BCUT2D eigenvalue weighted by molar-refractivity contribution is 7.16. The first-order valence-corrected chi connectivity index (χ1v) is 13.7. The van der Waals surface area contributed by atoms with Crippen LogP contribution in [0.3, 0.4) is 0 Å². The molecule has 10 nitrogen and oxygen atoms in total. The Bertz CT molecular complexity index is 1300. The van der Waals surface area contributed by atoms with Gasteiger partial charge in [-0.15, -0.1) is 0 Å². The van der Waals surface area contributed by atoms with Gasteiger partial charge in [-0.3, -0.25) is 15.2 Å². The molecule has 0 bridgehead atoms. The number of nitrogens with zero attached hydrogens (tertiary/aromatic N) is 6. The quantitative estimate of drug-likeness (QED) is 0.235. The van der Waals surface area contributed by atoms with Crippen LogP contribution < -0.4 is 21.0 Å². The Balaban J connectivity index is 1.53. The lowest BCUT2D eigenvalue weighted by Crippen LogP contribution is -2.63. The molecule has 0 atom stereocenters. The van der Waals surface area contributed by atoms with E-state index < -0.39 is 0 Å². The number of aliphatic imine (C=N–C) groups is 1. The number of hydrazine groups is 1. The van der Waals surface area contributed by atoms with Gasteiger partial charge in [0.05, 0.1) is 5.70 Å². The van der Waals surface area contributed by atoms with Gasteiger partial charge in [0, 0.05) is 58.1 Å². The van der Waals surface area contributed by atoms with Crippen LogP contribution in [0.1, 0.15) is 31.1 Å². The Hall–Kier alpha value is -3.95. The number of amides is 1. The fraction of sp³-hybridized carbons (Fsp3) is 0.407. The summed E-state index contributed by atoms with van der Waals surface area (Å²) < 4.78 is 13.4. The second-order valence-corrected chi connectivity index (χ2v) is 10.4. The van der Waals surface area contributed by atoms with E-state index in [4.69, 9.17) is 4.98 Å². The van der Waals surface area contributed by atoms with Crippen LogP contribution in [-0.4, -0.2) is 73.0 Å². The first-order valence-electron chi connectivity index (χ1n) is 12.8. The van der Waals surface area contributed by atoms with Crippen molar-refractivity contribution >= 4 is 28.2 Å². The molecular weight excluding hydrogens is 517 g/mol. The van der Waals surface area contributed by atoms with E-state index in [-0.39, 0.29) is 17.6 Å². The minimum Gasteiger partial charge on any atom is -0.373 e. The smallest absolute Gasteiger partial charge is 0.291 e. The number of thiazole rings is 1. The molecule has 3 N–H and O–H groups in total. The molecule has 2 aromatic rings. The number of allylic oxidation sites excluding steroid dienone is 1. The summed E-state index contributed by atoms with van der Waals surface area (Å²) in [5.74, 6) is 0.417. The molecule has 4 rings (SSSR count). The number of anilines is 1. The lowest BCUT2D eigenvalue weighted by Gasteiger charge is -2.41. The van der Waals surface area contributed by atoms with Crippen LogP contribution in [0.5, 0.6) is 0 Å². The summed E-state index contributed by atoms with van der Waals surface area (Å²) in [5, 5.41) is 18.7. The number of amidine groups is 1. The molecule has 2 aliphatic rings. The lowest BCUT2D eigenvalue weighted by atomic mass is 10.1. The van der Waals surface area contributed by atoms with Gasteiger partial charge in [0.15, 0.2) is 5.13 Å². The summed E-state index contributed by atoms with van der Waals surface area (Å²) >= 11 is 1.24. The molecule has 1 amide bonds. The first kappa shape index (κ1) is 28.1. The summed E-state index contributed by atoms with van der Waals surface area (Å²) in [7, 11) is 5.38. The molecule has 1 aromatic heterocycles. The molecule has 1 saturated heterocycles. The molecule has 39 heavy (non-hydrogen) atoms. The molecule has 2 fully saturated rings. The molecule has 0 spiro atoms. The number of hydrogen-bond acceptors (Lipinski definition) is 9. The maximum absolute atomic E-state index is 13.4. The van der Waals surface area contributed by atoms with Crippen molar-refractivity contribution < 1.29 is 9.18 Å². The summed E-state index contributed by atoms with van der Waals surface area (Å²) in [5.41, 5.74) is 5.24. The third kappa shape index (κ3) is 6.38. The van der Waals surface area contributed by atoms with Gasteiger partial charge in [-0.05, 0) is 43.5 Å². The Morgan fingerprint density at radius 1 is 1.31 bits per heavy atom. The van der Waals surface area contributed by atoms with E-state index >= 15 is 0 Å². The molecule has 0 radical (unpaired) electrons. The summed E-state index contributed by atoms with van der Waals surface area (Å²) in [6.07, 6.45) is 4.38. The first-order chi connectivity index (χ1) is 18.8. The zero-order chi connectivity index (χ0) is 28.1. The SMILES string of the molecule is C=CN=C(C(=O)N1CC(NC2CC2)C1)N(C)N/C(CC)=C(\NC)N(C)c1nc(-c2ccc(F)cc2)c(C#N)s1. The molecule has 206 valence electrons. The zero-order valence-electron chi connectivity index (χ0n) is 22.7. The Labute approximate surface area is 232 Å². The molecule has 0 unspecified atom stereocenters. The third-order valence-electron chi connectivity index (χ3n) is 6.58. The van der Waals surface area contributed by atoms with Crippen LogP contribution in [0.25, 0.3) is 11.3 Å². The molecule has 2 heterocycles. The number of carbonyl (C=O) groups excluding carboxylic acids is 1. The average Bonchev–Trinajstić information content (AvgIpc) is 3.63. The summed E-state index contributed by atoms with van der Waals surface area (Å²) in [4.78, 5) is 26.2. The number of carbonyl (C=O) groups is 1. The van der Waals surface area contributed by atoms with Gasteiger partial charge in [0.2, 0.25) is 5.84 Å². The minimum absolute atomic E-state index is 0.170. The summed E-state index contributed by atoms with van der Waals surface area (Å²) in [6.45, 7) is 6.99. The second-order valence-electron chi connectivity index (χ2n) is 9.44. The standard InChI is InChI=1S/C27H34FN9OS/c1-6-21(34-36(5)25(31-7-2)26(38)37-15-20(16-37)32-19-12-13-19)24(30-3)35(4)27-33-23(22(14-29)39-27)17-8-10-18(28)11-9-17/h7-11,19-20,30,32,34H,2,6,12-13,15-16H2,1,3-5H3/b24-21+,31-25?. The fourth-order valence-corrected chi connectivity index (χ4v) is 5.20. The summed E-state index contributed by atoms with van der Waals surface area (Å²) in [6, 6.07) is 9.04. The number of nitriles is 1. The van der Waals surface area contributed by atoms with Crippen LogP contribution in [0, 0.1) is 17.1 Å². The van der Waals surface area contributed by atoms with Gasteiger partial charge in [-0.25, -0.2) is 14.4 Å². The van der Waals surface area contributed by atoms with Crippen molar-refractivity contribution in [2.24, 2.45) is 4.99 Å². The van der Waals surface area contributed by atoms with Crippen molar-refractivity contribution in [1.82, 2.24) is 31.0 Å². The maximum atomic E-state index is 13.4. The van der Waals surface area contributed by atoms with Crippen LogP contribution in [0.2, 0.25) is 0 Å². The van der Waals surface area contributed by atoms with E-state index in [0.29, 0.717) is 58.7 Å². The Morgan fingerprint density at radius 3 is 2.56 bits per heavy atom. The molecule has 1 saturated carbocycles. The normalized spacial score (nSPS) is 16.1. The predicted octanol–water partition coefficient (Wildman–Crippen LogP) is 3.00. The van der Waals surface area contributed by atoms with Crippen molar-refractivity contribution in [2.75, 3.05) is 39.1 Å². The number of likely N-dealkylation sites (tertiary alicyclic amines) is 1. The van der Waals surface area contributed by atoms with E-state index in [1.54, 1.807) is 36.1 Å². The minimum atomic E-state index is -0.352. The van der Waals surface area contributed by atoms with Gasteiger partial charge in [-0.2, -0.15) is 5.26 Å². The largest absolute Gasteiger partial charge is 0.373 e. The van der Waals surface area contributed by atoms with Crippen LogP contribution in [-0.2, 0) is 4.79 Å². The fourth-order valence-electron chi connectivity index (χ4n) is 4.35. The van der Waals surface area contributed by atoms with Crippen LogP contribution >= 0.6 is 11.3 Å². The highest BCUT2D eigenvalue weighted by Crippen LogP contribution is 2.33. The van der Waals surface area contributed by atoms with Crippen molar-refractivity contribution in [3.05, 3.63) is 59.3 Å². The van der Waals surface area contributed by atoms with E-state index in [1.165, 1.54) is 42.5 Å². The van der Waals surface area contributed by atoms with Crippen LogP contribution in [0.15, 0.2) is 53.6 Å². The van der Waals surface area contributed by atoms with Gasteiger partial charge < -0.3 is 20.4 Å². The van der Waals surface area contributed by atoms with Crippen molar-refractivity contribution in [3.63, 3.8) is 0 Å². The van der Waals surface area contributed by atoms with Crippen molar-refractivity contribution in [1.29, 1.82) is 5.26 Å². The molecule has 12 heteroatoms. The highest BCUT2D eigenvalue weighted by atomic mass is 32.1. The molecule has 1 aliphatic carbocycles. The predicted molar refractivity (Wildman–Crippen MR) is 152 cm³/mol. The van der Waals surface area contributed by atoms with Crippen LogP contribution in [0.4, 0.5) is 9.52 Å². The lowest BCUT2D eigenvalue weighted by molar-refractivity contribution is -0.129. The molecular formula is C27H34FN9OS. The molecule has 1 aromatic carbocycles. The number of aromatic nitrogens is 1. The number of benzene rings is 1.